The molecule has 1 N–H and O–H groups in total. The van der Waals surface area contributed by atoms with Gasteiger partial charge in [0.05, 0.1) is 6.04 Å². The number of rotatable bonds is 2. The Morgan fingerprint density at radius 2 is 2.00 bits per heavy atom. The third-order valence-electron chi connectivity index (χ3n) is 3.63. The van der Waals surface area contributed by atoms with E-state index in [1.54, 1.807) is 0 Å². The molecule has 0 bridgehead atoms. The second kappa shape index (κ2) is 3.93. The van der Waals surface area contributed by atoms with Crippen LogP contribution in [0.1, 0.15) is 42.9 Å². The molecular weight excluding hydrogens is 198 g/mol. The minimum Gasteiger partial charge on any atom is -0.349 e. The number of fused-ring (bicyclic) bond motifs is 1. The largest absolute Gasteiger partial charge is 0.349 e. The Morgan fingerprint density at radius 3 is 2.81 bits per heavy atom. The average Bonchev–Trinajstić information content (AvgIpc) is 3.13. The Labute approximate surface area is 96.1 Å². The topological polar surface area (TPSA) is 29.1 Å². The van der Waals surface area contributed by atoms with Gasteiger partial charge in [-0.2, -0.15) is 0 Å². The highest BCUT2D eigenvalue weighted by atomic mass is 16.2. The number of carbonyl (C=O) groups is 1. The molecule has 1 aromatic carbocycles. The van der Waals surface area contributed by atoms with Gasteiger partial charge in [0.25, 0.3) is 0 Å². The van der Waals surface area contributed by atoms with E-state index in [1.807, 2.05) is 0 Å². The lowest BCUT2D eigenvalue weighted by Crippen LogP contribution is -2.31. The first-order chi connectivity index (χ1) is 7.84. The summed E-state index contributed by atoms with van der Waals surface area (Å²) in [4.78, 5) is 11.8. The summed E-state index contributed by atoms with van der Waals surface area (Å²) in [6.45, 7) is 0. The van der Waals surface area contributed by atoms with Crippen molar-refractivity contribution in [3.05, 3.63) is 35.4 Å². The molecule has 3 rings (SSSR count). The maximum Gasteiger partial charge on any atom is 0.223 e. The van der Waals surface area contributed by atoms with Crippen LogP contribution in [-0.2, 0) is 11.2 Å². The molecule has 0 radical (unpaired) electrons. The highest BCUT2D eigenvalue weighted by Gasteiger charge is 2.32. The smallest absolute Gasteiger partial charge is 0.223 e. The van der Waals surface area contributed by atoms with Gasteiger partial charge in [-0.15, -0.1) is 0 Å². The van der Waals surface area contributed by atoms with Gasteiger partial charge in [-0.1, -0.05) is 24.3 Å². The molecule has 0 saturated heterocycles. The van der Waals surface area contributed by atoms with Crippen LogP contribution >= 0.6 is 0 Å². The van der Waals surface area contributed by atoms with E-state index >= 15 is 0 Å². The van der Waals surface area contributed by atoms with E-state index in [0.29, 0.717) is 5.92 Å². The first-order valence-electron chi connectivity index (χ1n) is 6.23. The van der Waals surface area contributed by atoms with Crippen LogP contribution in [0.3, 0.4) is 0 Å². The van der Waals surface area contributed by atoms with Gasteiger partial charge in [0.2, 0.25) is 5.91 Å². The number of hydrogen-bond acceptors (Lipinski definition) is 1. The van der Waals surface area contributed by atoms with Gasteiger partial charge in [-0.05, 0) is 43.2 Å². The molecular formula is C14H17NO. The summed E-state index contributed by atoms with van der Waals surface area (Å²) in [6.07, 6.45) is 5.61. The molecule has 2 heteroatoms. The van der Waals surface area contributed by atoms with Crippen molar-refractivity contribution in [3.63, 3.8) is 0 Å². The lowest BCUT2D eigenvalue weighted by atomic mass is 9.87. The summed E-state index contributed by atoms with van der Waals surface area (Å²) < 4.78 is 0. The predicted molar refractivity (Wildman–Crippen MR) is 63.0 cm³/mol. The summed E-state index contributed by atoms with van der Waals surface area (Å²) in [7, 11) is 0. The van der Waals surface area contributed by atoms with Crippen molar-refractivity contribution >= 4 is 5.91 Å². The summed E-state index contributed by atoms with van der Waals surface area (Å²) in [5, 5.41) is 3.20. The highest BCUT2D eigenvalue weighted by molar-refractivity contribution is 5.81. The fourth-order valence-electron chi connectivity index (χ4n) is 2.54. The van der Waals surface area contributed by atoms with Crippen LogP contribution in [0.4, 0.5) is 0 Å². The molecule has 2 aliphatic rings. The van der Waals surface area contributed by atoms with Crippen molar-refractivity contribution in [2.45, 2.75) is 38.1 Å². The van der Waals surface area contributed by atoms with Gasteiger partial charge < -0.3 is 5.32 Å². The van der Waals surface area contributed by atoms with Crippen molar-refractivity contribution in [2.75, 3.05) is 0 Å². The molecule has 16 heavy (non-hydrogen) atoms. The summed E-state index contributed by atoms with van der Waals surface area (Å²) in [5.41, 5.74) is 2.75. The third-order valence-corrected chi connectivity index (χ3v) is 3.63. The molecule has 1 fully saturated rings. The Balaban J connectivity index is 1.78. The molecule has 0 heterocycles. The zero-order valence-corrected chi connectivity index (χ0v) is 9.41. The van der Waals surface area contributed by atoms with Crippen molar-refractivity contribution in [3.8, 4) is 0 Å². The molecule has 1 amide bonds. The van der Waals surface area contributed by atoms with Crippen LogP contribution in [0.15, 0.2) is 24.3 Å². The van der Waals surface area contributed by atoms with Crippen molar-refractivity contribution in [1.82, 2.24) is 5.32 Å². The number of benzene rings is 1. The molecule has 2 aliphatic carbocycles. The molecule has 1 atom stereocenters. The second-order valence-electron chi connectivity index (χ2n) is 4.93. The average molecular weight is 215 g/mol. The van der Waals surface area contributed by atoms with E-state index in [-0.39, 0.29) is 11.9 Å². The Bertz CT molecular complexity index is 409. The molecule has 0 unspecified atom stereocenters. The van der Waals surface area contributed by atoms with Gasteiger partial charge in [0.15, 0.2) is 0 Å². The monoisotopic (exact) mass is 215 g/mol. The van der Waals surface area contributed by atoms with E-state index in [2.05, 4.69) is 29.6 Å². The van der Waals surface area contributed by atoms with E-state index in [1.165, 1.54) is 17.5 Å². The normalized spacial score (nSPS) is 23.6. The summed E-state index contributed by atoms with van der Waals surface area (Å²) >= 11 is 0. The molecule has 0 aliphatic heterocycles. The number of amides is 1. The number of nitrogens with one attached hydrogen (secondary N) is 1. The highest BCUT2D eigenvalue weighted by Crippen LogP contribution is 2.33. The third kappa shape index (κ3) is 1.84. The minimum absolute atomic E-state index is 0.262. The van der Waals surface area contributed by atoms with Crippen LogP contribution in [-0.4, -0.2) is 5.91 Å². The van der Waals surface area contributed by atoms with Crippen LogP contribution in [0.2, 0.25) is 0 Å². The summed E-state index contributed by atoms with van der Waals surface area (Å²) in [5.74, 6) is 0.579. The number of aryl methyl sites for hydroxylation is 1. The van der Waals surface area contributed by atoms with Crippen LogP contribution < -0.4 is 5.32 Å². The first kappa shape index (κ1) is 9.88. The van der Waals surface area contributed by atoms with Gasteiger partial charge in [0.1, 0.15) is 0 Å². The fourth-order valence-corrected chi connectivity index (χ4v) is 2.54. The van der Waals surface area contributed by atoms with Crippen LogP contribution in [0.25, 0.3) is 0 Å². The van der Waals surface area contributed by atoms with E-state index in [9.17, 15) is 4.79 Å². The zero-order chi connectivity index (χ0) is 11.0. The predicted octanol–water partition coefficient (Wildman–Crippen LogP) is 2.59. The molecule has 1 aromatic rings. The molecule has 84 valence electrons. The first-order valence-corrected chi connectivity index (χ1v) is 6.23. The standard InChI is InChI=1S/C14H17NO/c16-14(11-8-9-11)15-13-7-3-5-10-4-1-2-6-12(10)13/h1-2,4,6,11,13H,3,5,7-9H2,(H,15,16)/t13-/m1/s1. The van der Waals surface area contributed by atoms with Crippen LogP contribution in [0.5, 0.6) is 0 Å². The maximum atomic E-state index is 11.8. The van der Waals surface area contributed by atoms with Gasteiger partial charge in [-0.3, -0.25) is 4.79 Å². The maximum absolute atomic E-state index is 11.8. The van der Waals surface area contributed by atoms with Gasteiger partial charge >= 0.3 is 0 Å². The lowest BCUT2D eigenvalue weighted by Gasteiger charge is -2.26. The molecule has 0 spiro atoms. The van der Waals surface area contributed by atoms with Crippen molar-refractivity contribution in [1.29, 1.82) is 0 Å². The van der Waals surface area contributed by atoms with E-state index in [0.717, 1.165) is 25.7 Å². The van der Waals surface area contributed by atoms with E-state index < -0.39 is 0 Å². The van der Waals surface area contributed by atoms with Gasteiger partial charge in [-0.25, -0.2) is 0 Å². The number of hydrogen-bond donors (Lipinski definition) is 1. The Kier molecular flexibility index (Phi) is 2.43. The second-order valence-corrected chi connectivity index (χ2v) is 4.93. The summed E-state index contributed by atoms with van der Waals surface area (Å²) in [6, 6.07) is 8.76. The molecule has 0 aromatic heterocycles. The Morgan fingerprint density at radius 1 is 1.19 bits per heavy atom. The van der Waals surface area contributed by atoms with Crippen molar-refractivity contribution < 1.29 is 4.79 Å². The quantitative estimate of drug-likeness (QED) is 0.807. The SMILES string of the molecule is O=C(N[C@@H]1CCCc2ccccc21)C1CC1. The van der Waals surface area contributed by atoms with Crippen molar-refractivity contribution in [2.24, 2.45) is 5.92 Å². The lowest BCUT2D eigenvalue weighted by molar-refractivity contribution is -0.123. The van der Waals surface area contributed by atoms with Gasteiger partial charge in [0, 0.05) is 5.92 Å². The fraction of sp³-hybridized carbons (Fsp3) is 0.500. The Hall–Kier alpha value is -1.31. The van der Waals surface area contributed by atoms with E-state index in [4.69, 9.17) is 0 Å². The zero-order valence-electron chi connectivity index (χ0n) is 9.41. The molecule has 2 nitrogen and oxygen atoms in total. The number of carbonyl (C=O) groups excluding carboxylic acids is 1. The molecule has 1 saturated carbocycles. The minimum atomic E-state index is 0.262. The van der Waals surface area contributed by atoms with Crippen LogP contribution in [0, 0.1) is 5.92 Å².